The molecule has 1 fully saturated rings. The van der Waals surface area contributed by atoms with Crippen molar-refractivity contribution < 1.29 is 62.6 Å². The van der Waals surface area contributed by atoms with Crippen molar-refractivity contribution in [2.75, 3.05) is 6.54 Å². The largest absolute Gasteiger partial charge is 1.00 e. The van der Waals surface area contributed by atoms with Gasteiger partial charge in [0.2, 0.25) is 0 Å². The first-order valence-corrected chi connectivity index (χ1v) is 13.8. The van der Waals surface area contributed by atoms with Gasteiger partial charge in [-0.15, -0.1) is 6.42 Å². The first-order valence-electron chi connectivity index (χ1n) is 13.8. The van der Waals surface area contributed by atoms with E-state index in [0.717, 1.165) is 30.5 Å². The van der Waals surface area contributed by atoms with E-state index in [0.29, 0.717) is 36.7 Å². The molecule has 2 aromatic carbocycles. The Balaban J connectivity index is 0.00000308. The molecule has 0 saturated heterocycles. The van der Waals surface area contributed by atoms with E-state index in [-0.39, 0.29) is 77.1 Å². The van der Waals surface area contributed by atoms with E-state index < -0.39 is 17.4 Å². The number of carbonyl (C=O) groups excluding carboxylic acids is 3. The molecule has 2 amide bonds. The molecular formula is C31H36F3N3NaO4-. The number of rotatable bonds is 9. The van der Waals surface area contributed by atoms with E-state index in [1.165, 1.54) is 12.1 Å². The monoisotopic (exact) mass is 594 g/mol. The maximum absolute atomic E-state index is 13.9. The zero-order chi connectivity index (χ0) is 29.1. The summed E-state index contributed by atoms with van der Waals surface area (Å²) >= 11 is 0. The molecule has 0 bridgehead atoms. The molecule has 0 radical (unpaired) electrons. The van der Waals surface area contributed by atoms with E-state index in [9.17, 15) is 27.6 Å². The summed E-state index contributed by atoms with van der Waals surface area (Å²) in [5.41, 5.74) is 0.0386. The molecule has 2 aromatic rings. The summed E-state index contributed by atoms with van der Waals surface area (Å²) in [6.07, 6.45) is 0.923. The predicted molar refractivity (Wildman–Crippen MR) is 149 cm³/mol. The molecule has 222 valence electrons. The second kappa shape index (κ2) is 14.8. The fraction of sp³-hybridized carbons (Fsp3) is 0.484. The second-order valence-corrected chi connectivity index (χ2v) is 11.2. The van der Waals surface area contributed by atoms with Crippen LogP contribution in [0.1, 0.15) is 79.9 Å². The molecule has 11 heteroatoms. The normalized spacial score (nSPS) is 20.9. The molecule has 7 nitrogen and oxygen atoms in total. The predicted octanol–water partition coefficient (Wildman–Crippen LogP) is 2.57. The number of carbonyl (C=O) groups is 2. The molecule has 1 aliphatic carbocycles. The second-order valence-electron chi connectivity index (χ2n) is 11.2. The van der Waals surface area contributed by atoms with Crippen molar-refractivity contribution in [3.8, 4) is 0 Å². The smallest absolute Gasteiger partial charge is 0.870 e. The van der Waals surface area contributed by atoms with Crippen LogP contribution >= 0.6 is 0 Å². The molecule has 1 heterocycles. The zero-order valence-electron chi connectivity index (χ0n) is 24.5. The molecule has 1 unspecified atom stereocenters. The van der Waals surface area contributed by atoms with Gasteiger partial charge in [0.1, 0.15) is 11.4 Å². The Morgan fingerprint density at radius 3 is 2.33 bits per heavy atom. The van der Waals surface area contributed by atoms with Gasteiger partial charge in [-0.1, -0.05) is 38.1 Å². The van der Waals surface area contributed by atoms with Crippen molar-refractivity contribution in [1.82, 2.24) is 10.2 Å². The Morgan fingerprint density at radius 1 is 1.12 bits per heavy atom. The minimum Gasteiger partial charge on any atom is -0.870 e. The van der Waals surface area contributed by atoms with Crippen molar-refractivity contribution in [1.29, 1.82) is 0 Å². The SMILES string of the molecule is CC(C)C1CCC2(CC1)N=C(c1cccc(C(F)(F)F)c1)C(=O)N2C(C)Cc1ccc(C(=O)NCC[C-]=O)cc1.[Na+].[OH-]. The summed E-state index contributed by atoms with van der Waals surface area (Å²) in [6.45, 7) is 6.52. The van der Waals surface area contributed by atoms with Crippen molar-refractivity contribution >= 4 is 23.8 Å². The fourth-order valence-corrected chi connectivity index (χ4v) is 5.93. The maximum Gasteiger partial charge on any atom is 1.00 e. The van der Waals surface area contributed by atoms with Gasteiger partial charge in [-0.05, 0) is 87.2 Å². The van der Waals surface area contributed by atoms with Crippen LogP contribution in [0.2, 0.25) is 0 Å². The summed E-state index contributed by atoms with van der Waals surface area (Å²) in [5.74, 6) is 0.371. The van der Waals surface area contributed by atoms with Crippen LogP contribution < -0.4 is 34.9 Å². The van der Waals surface area contributed by atoms with Crippen molar-refractivity contribution in [3.63, 3.8) is 0 Å². The van der Waals surface area contributed by atoms with E-state index in [2.05, 4.69) is 19.2 Å². The topological polar surface area (TPSA) is 109 Å². The molecule has 1 saturated carbocycles. The average Bonchev–Trinajstić information content (AvgIpc) is 3.20. The maximum atomic E-state index is 13.9. The molecule has 1 aliphatic heterocycles. The number of hydrogen-bond donors (Lipinski definition) is 1. The third kappa shape index (κ3) is 7.89. The Kier molecular flexibility index (Phi) is 12.5. The van der Waals surface area contributed by atoms with E-state index >= 15 is 0 Å². The zero-order valence-corrected chi connectivity index (χ0v) is 26.5. The van der Waals surface area contributed by atoms with Crippen LogP contribution in [-0.4, -0.2) is 52.4 Å². The molecule has 2 aliphatic rings. The number of nitrogens with zero attached hydrogens (tertiary/aromatic N) is 2. The number of benzene rings is 2. The fourth-order valence-electron chi connectivity index (χ4n) is 5.93. The molecule has 1 atom stereocenters. The number of amides is 2. The van der Waals surface area contributed by atoms with Crippen LogP contribution in [0.25, 0.3) is 0 Å². The van der Waals surface area contributed by atoms with E-state index in [1.807, 2.05) is 19.1 Å². The number of halogens is 3. The standard InChI is InChI=1S/C31H35F3N3O3.Na.H2O/c1-20(2)23-12-14-30(15-13-23)36-27(25-6-4-7-26(19-25)31(32,33)34)29(40)37(30)21(3)18-22-8-10-24(11-9-22)28(39)35-16-5-17-38;;/h4,6-11,19-21,23H,5,12-16,18H2,1-3H3,(H,35,39);;1H2/q-1;+1;/p-1. The van der Waals surface area contributed by atoms with Gasteiger partial charge in [-0.3, -0.25) is 20.9 Å². The van der Waals surface area contributed by atoms with Gasteiger partial charge in [0.25, 0.3) is 11.8 Å². The van der Waals surface area contributed by atoms with Gasteiger partial charge in [-0.2, -0.15) is 13.2 Å². The van der Waals surface area contributed by atoms with Crippen LogP contribution in [0.15, 0.2) is 53.5 Å². The Labute approximate surface area is 266 Å². The van der Waals surface area contributed by atoms with Crippen LogP contribution in [-0.2, 0) is 22.2 Å². The Bertz CT molecular complexity index is 1270. The summed E-state index contributed by atoms with van der Waals surface area (Å²) in [6, 6.07) is 11.6. The molecule has 2 N–H and O–H groups in total. The molecule has 1 spiro atoms. The first kappa shape index (κ1) is 35.7. The van der Waals surface area contributed by atoms with Crippen LogP contribution in [0.4, 0.5) is 13.2 Å². The van der Waals surface area contributed by atoms with Crippen molar-refractivity contribution in [3.05, 3.63) is 70.8 Å². The molecule has 4 rings (SSSR count). The van der Waals surface area contributed by atoms with Gasteiger partial charge in [0, 0.05) is 17.2 Å². The summed E-state index contributed by atoms with van der Waals surface area (Å²) in [7, 11) is 0. The number of alkyl halides is 3. The summed E-state index contributed by atoms with van der Waals surface area (Å²) in [5, 5.41) is 2.65. The Morgan fingerprint density at radius 2 is 1.76 bits per heavy atom. The molecular weight excluding hydrogens is 558 g/mol. The first-order chi connectivity index (χ1) is 18.9. The van der Waals surface area contributed by atoms with Gasteiger partial charge in [-0.25, -0.2) is 0 Å². The van der Waals surface area contributed by atoms with E-state index in [1.54, 1.807) is 23.3 Å². The van der Waals surface area contributed by atoms with E-state index in [4.69, 9.17) is 4.99 Å². The van der Waals surface area contributed by atoms with Gasteiger partial charge < -0.3 is 20.5 Å². The number of nitrogens with one attached hydrogen (secondary N) is 1. The minimum absolute atomic E-state index is 0. The molecule has 0 aromatic heterocycles. The average molecular weight is 595 g/mol. The van der Waals surface area contributed by atoms with Crippen LogP contribution in [0.5, 0.6) is 0 Å². The van der Waals surface area contributed by atoms with Gasteiger partial charge in [0.05, 0.1) is 5.56 Å². The summed E-state index contributed by atoms with van der Waals surface area (Å²) in [4.78, 5) is 43.2. The third-order valence-corrected chi connectivity index (χ3v) is 8.13. The van der Waals surface area contributed by atoms with Crippen molar-refractivity contribution in [2.45, 2.75) is 77.2 Å². The summed E-state index contributed by atoms with van der Waals surface area (Å²) < 4.78 is 40.3. The minimum atomic E-state index is -4.52. The number of aliphatic imine (C=N–C) groups is 1. The van der Waals surface area contributed by atoms with Crippen LogP contribution in [0, 0.1) is 11.8 Å². The van der Waals surface area contributed by atoms with Gasteiger partial charge >= 0.3 is 35.7 Å². The quantitative estimate of drug-likeness (QED) is 0.274. The van der Waals surface area contributed by atoms with Crippen LogP contribution in [0.3, 0.4) is 0 Å². The third-order valence-electron chi connectivity index (χ3n) is 8.13. The van der Waals surface area contributed by atoms with Gasteiger partial charge in [0.15, 0.2) is 0 Å². The van der Waals surface area contributed by atoms with Crippen molar-refractivity contribution in [2.24, 2.45) is 16.8 Å². The number of hydrogen-bond acceptors (Lipinski definition) is 5. The molecule has 42 heavy (non-hydrogen) atoms. The Hall–Kier alpha value is -2.53.